The molecule has 1 aliphatic rings. The topological polar surface area (TPSA) is 49.9 Å². The minimum Gasteiger partial charge on any atom is -0.497 e. The number of unbranched alkanes of at least 4 members (excludes halogenated alkanes) is 1. The maximum Gasteiger partial charge on any atom is 0.214 e. The van der Waals surface area contributed by atoms with E-state index in [4.69, 9.17) is 4.74 Å². The summed E-state index contributed by atoms with van der Waals surface area (Å²) in [4.78, 5) is 2.24. The maximum atomic E-state index is 12.3. The highest BCUT2D eigenvalue weighted by atomic mass is 32.2. The lowest BCUT2D eigenvalue weighted by molar-refractivity contribution is 0.415. The summed E-state index contributed by atoms with van der Waals surface area (Å²) in [6.45, 7) is 4.82. The van der Waals surface area contributed by atoms with Crippen LogP contribution in [-0.2, 0) is 10.0 Å². The van der Waals surface area contributed by atoms with Crippen LogP contribution in [0.15, 0.2) is 24.3 Å². The minimum atomic E-state index is -3.10. The van der Waals surface area contributed by atoms with Crippen LogP contribution in [0.2, 0.25) is 0 Å². The van der Waals surface area contributed by atoms with Crippen molar-refractivity contribution in [2.24, 2.45) is 0 Å². The quantitative estimate of drug-likeness (QED) is 0.805. The molecular weight excluding hydrogens is 300 g/mol. The summed E-state index contributed by atoms with van der Waals surface area (Å²) in [7, 11) is -1.45. The van der Waals surface area contributed by atoms with Gasteiger partial charge in [0.1, 0.15) is 5.75 Å². The third-order valence-corrected chi connectivity index (χ3v) is 6.00. The van der Waals surface area contributed by atoms with Crippen molar-refractivity contribution in [1.29, 1.82) is 0 Å². The van der Waals surface area contributed by atoms with E-state index in [1.807, 2.05) is 31.2 Å². The Bertz CT molecular complexity index is 557. The molecule has 124 valence electrons. The van der Waals surface area contributed by atoms with Crippen LogP contribution < -0.4 is 9.64 Å². The van der Waals surface area contributed by atoms with Crippen LogP contribution in [-0.4, -0.2) is 51.8 Å². The summed E-state index contributed by atoms with van der Waals surface area (Å²) in [5.74, 6) is 1.11. The molecule has 5 nitrogen and oxygen atoms in total. The first-order chi connectivity index (χ1) is 10.6. The molecule has 1 aromatic carbocycles. The molecule has 1 saturated heterocycles. The molecule has 0 aromatic heterocycles. The SMILES string of the molecule is CCCCS(=O)(=O)N1CCCN(c2ccc(OC)cc2)CC1. The smallest absolute Gasteiger partial charge is 0.214 e. The lowest BCUT2D eigenvalue weighted by Crippen LogP contribution is -2.36. The maximum absolute atomic E-state index is 12.3. The average Bonchev–Trinajstić information content (AvgIpc) is 2.80. The van der Waals surface area contributed by atoms with Gasteiger partial charge in [0, 0.05) is 31.9 Å². The molecule has 0 saturated carbocycles. The lowest BCUT2D eigenvalue weighted by atomic mass is 10.2. The second-order valence-corrected chi connectivity index (χ2v) is 7.70. The third-order valence-electron chi connectivity index (χ3n) is 4.04. The van der Waals surface area contributed by atoms with Gasteiger partial charge in [-0.15, -0.1) is 0 Å². The van der Waals surface area contributed by atoms with Crippen LogP contribution in [0, 0.1) is 0 Å². The molecule has 0 bridgehead atoms. The first-order valence-electron chi connectivity index (χ1n) is 7.93. The van der Waals surface area contributed by atoms with Gasteiger partial charge in [0.05, 0.1) is 12.9 Å². The van der Waals surface area contributed by atoms with Crippen molar-refractivity contribution in [3.8, 4) is 5.75 Å². The summed E-state index contributed by atoms with van der Waals surface area (Å²) in [6.07, 6.45) is 2.50. The predicted molar refractivity (Wildman–Crippen MR) is 90.1 cm³/mol. The Labute approximate surface area is 133 Å². The Hall–Kier alpha value is -1.27. The molecule has 0 aliphatic carbocycles. The van der Waals surface area contributed by atoms with E-state index in [0.717, 1.165) is 43.8 Å². The second kappa shape index (κ2) is 7.83. The van der Waals surface area contributed by atoms with Gasteiger partial charge in [-0.3, -0.25) is 0 Å². The summed E-state index contributed by atoms with van der Waals surface area (Å²) < 4.78 is 31.5. The largest absolute Gasteiger partial charge is 0.497 e. The summed E-state index contributed by atoms with van der Waals surface area (Å²) >= 11 is 0. The molecule has 1 aromatic rings. The number of ether oxygens (including phenoxy) is 1. The summed E-state index contributed by atoms with van der Waals surface area (Å²) in [6, 6.07) is 7.94. The molecule has 0 atom stereocenters. The summed E-state index contributed by atoms with van der Waals surface area (Å²) in [5.41, 5.74) is 1.12. The Morgan fingerprint density at radius 3 is 2.45 bits per heavy atom. The lowest BCUT2D eigenvalue weighted by Gasteiger charge is -2.23. The van der Waals surface area contributed by atoms with Gasteiger partial charge in [-0.05, 0) is 37.1 Å². The first-order valence-corrected chi connectivity index (χ1v) is 9.54. The number of anilines is 1. The predicted octanol–water partition coefficient (Wildman–Crippen LogP) is 2.34. The highest BCUT2D eigenvalue weighted by molar-refractivity contribution is 7.89. The zero-order valence-electron chi connectivity index (χ0n) is 13.5. The van der Waals surface area contributed by atoms with Crippen molar-refractivity contribution in [1.82, 2.24) is 4.31 Å². The number of nitrogens with zero attached hydrogens (tertiary/aromatic N) is 2. The van der Waals surface area contributed by atoms with E-state index < -0.39 is 10.0 Å². The average molecular weight is 326 g/mol. The first kappa shape index (κ1) is 17.1. The van der Waals surface area contributed by atoms with Gasteiger partial charge in [0.2, 0.25) is 10.0 Å². The number of benzene rings is 1. The molecular formula is C16H26N2O3S. The van der Waals surface area contributed by atoms with Gasteiger partial charge < -0.3 is 9.64 Å². The number of hydrogen-bond donors (Lipinski definition) is 0. The molecule has 0 radical (unpaired) electrons. The van der Waals surface area contributed by atoms with Gasteiger partial charge in [-0.1, -0.05) is 13.3 Å². The van der Waals surface area contributed by atoms with Crippen LogP contribution in [0.1, 0.15) is 26.2 Å². The van der Waals surface area contributed by atoms with Crippen molar-refractivity contribution >= 4 is 15.7 Å². The van der Waals surface area contributed by atoms with Crippen molar-refractivity contribution in [2.75, 3.05) is 43.9 Å². The Kier molecular flexibility index (Phi) is 6.08. The molecule has 2 rings (SSSR count). The molecule has 1 fully saturated rings. The molecule has 0 amide bonds. The van der Waals surface area contributed by atoms with E-state index >= 15 is 0 Å². The van der Waals surface area contributed by atoms with Gasteiger partial charge >= 0.3 is 0 Å². The van der Waals surface area contributed by atoms with Gasteiger partial charge in [-0.2, -0.15) is 0 Å². The number of methoxy groups -OCH3 is 1. The van der Waals surface area contributed by atoms with Crippen LogP contribution >= 0.6 is 0 Å². The van der Waals surface area contributed by atoms with Gasteiger partial charge in [-0.25, -0.2) is 12.7 Å². The summed E-state index contributed by atoms with van der Waals surface area (Å²) in [5, 5.41) is 0. The van der Waals surface area contributed by atoms with Crippen molar-refractivity contribution < 1.29 is 13.2 Å². The zero-order chi connectivity index (χ0) is 16.0. The van der Waals surface area contributed by atoms with Crippen LogP contribution in [0.4, 0.5) is 5.69 Å². The molecule has 22 heavy (non-hydrogen) atoms. The number of rotatable bonds is 6. The van der Waals surface area contributed by atoms with E-state index in [0.29, 0.717) is 13.1 Å². The van der Waals surface area contributed by atoms with E-state index in [2.05, 4.69) is 4.90 Å². The zero-order valence-corrected chi connectivity index (χ0v) is 14.3. The fraction of sp³-hybridized carbons (Fsp3) is 0.625. The highest BCUT2D eigenvalue weighted by Crippen LogP contribution is 2.21. The second-order valence-electron chi connectivity index (χ2n) is 5.61. The van der Waals surface area contributed by atoms with Gasteiger partial charge in [0.25, 0.3) is 0 Å². The molecule has 1 heterocycles. The molecule has 1 aliphatic heterocycles. The minimum absolute atomic E-state index is 0.270. The Morgan fingerprint density at radius 2 is 1.82 bits per heavy atom. The number of sulfonamides is 1. The van der Waals surface area contributed by atoms with Crippen LogP contribution in [0.25, 0.3) is 0 Å². The van der Waals surface area contributed by atoms with Crippen molar-refractivity contribution in [2.45, 2.75) is 26.2 Å². The van der Waals surface area contributed by atoms with E-state index in [-0.39, 0.29) is 5.75 Å². The molecule has 6 heteroatoms. The Morgan fingerprint density at radius 1 is 1.09 bits per heavy atom. The van der Waals surface area contributed by atoms with Crippen molar-refractivity contribution in [3.63, 3.8) is 0 Å². The standard InChI is InChI=1S/C16H26N2O3S/c1-3-4-14-22(19,20)18-11-5-10-17(12-13-18)15-6-8-16(21-2)9-7-15/h6-9H,3-5,10-14H2,1-2H3. The number of hydrogen-bond acceptors (Lipinski definition) is 4. The fourth-order valence-corrected chi connectivity index (χ4v) is 4.36. The van der Waals surface area contributed by atoms with Gasteiger partial charge in [0.15, 0.2) is 0 Å². The van der Waals surface area contributed by atoms with E-state index in [1.165, 1.54) is 0 Å². The van der Waals surface area contributed by atoms with E-state index in [9.17, 15) is 8.42 Å². The van der Waals surface area contributed by atoms with Crippen LogP contribution in [0.3, 0.4) is 0 Å². The molecule has 0 spiro atoms. The monoisotopic (exact) mass is 326 g/mol. The van der Waals surface area contributed by atoms with Crippen molar-refractivity contribution in [3.05, 3.63) is 24.3 Å². The third kappa shape index (κ3) is 4.36. The normalized spacial score (nSPS) is 17.3. The fourth-order valence-electron chi connectivity index (χ4n) is 2.68. The molecule has 0 N–H and O–H groups in total. The van der Waals surface area contributed by atoms with Crippen LogP contribution in [0.5, 0.6) is 5.75 Å². The highest BCUT2D eigenvalue weighted by Gasteiger charge is 2.24. The van der Waals surface area contributed by atoms with E-state index in [1.54, 1.807) is 11.4 Å². The molecule has 0 unspecified atom stereocenters. The Balaban J connectivity index is 1.99.